The predicted molar refractivity (Wildman–Crippen MR) is 98.1 cm³/mol. The molecule has 0 saturated heterocycles. The molecule has 1 nitrogen and oxygen atoms in total. The highest BCUT2D eigenvalue weighted by Crippen LogP contribution is 2.34. The molecule has 0 unspecified atom stereocenters. The maximum Gasteiger partial charge on any atom is 0.144 e. The zero-order valence-electron chi connectivity index (χ0n) is 15.2. The predicted octanol–water partition coefficient (Wildman–Crippen LogP) is 6.71. The van der Waals surface area contributed by atoms with Gasteiger partial charge in [-0.25, -0.2) is 8.78 Å². The SMILES string of the molecule is CCC/C=C/CCC1CCC(CCc2cc(F)c(C#N)c(F)c2)CC1. The van der Waals surface area contributed by atoms with Gasteiger partial charge >= 0.3 is 0 Å². The van der Waals surface area contributed by atoms with E-state index in [1.165, 1.54) is 63.5 Å². The molecule has 0 heterocycles. The summed E-state index contributed by atoms with van der Waals surface area (Å²) in [7, 11) is 0. The van der Waals surface area contributed by atoms with Crippen molar-refractivity contribution in [3.05, 3.63) is 47.0 Å². The zero-order valence-corrected chi connectivity index (χ0v) is 15.2. The summed E-state index contributed by atoms with van der Waals surface area (Å²) >= 11 is 0. The number of aryl methyl sites for hydroxylation is 1. The highest BCUT2D eigenvalue weighted by Gasteiger charge is 2.21. The third-order valence-corrected chi connectivity index (χ3v) is 5.38. The fourth-order valence-corrected chi connectivity index (χ4v) is 3.79. The van der Waals surface area contributed by atoms with E-state index < -0.39 is 17.2 Å². The number of nitriles is 1. The van der Waals surface area contributed by atoms with Gasteiger partial charge < -0.3 is 0 Å². The molecule has 0 amide bonds. The van der Waals surface area contributed by atoms with Gasteiger partial charge in [0.25, 0.3) is 0 Å². The number of halogens is 2. The second kappa shape index (κ2) is 10.3. The van der Waals surface area contributed by atoms with Crippen molar-refractivity contribution in [3.63, 3.8) is 0 Å². The molecule has 1 aromatic rings. The molecule has 136 valence electrons. The Kier molecular flexibility index (Phi) is 8.12. The molecule has 0 N–H and O–H groups in total. The summed E-state index contributed by atoms with van der Waals surface area (Å²) in [6.07, 6.45) is 16.2. The first-order valence-corrected chi connectivity index (χ1v) is 9.67. The molecular formula is C22H29F2N. The molecule has 0 aromatic heterocycles. The van der Waals surface area contributed by atoms with Crippen LogP contribution < -0.4 is 0 Å². The third kappa shape index (κ3) is 6.27. The molecule has 0 atom stereocenters. The van der Waals surface area contributed by atoms with Gasteiger partial charge in [0.1, 0.15) is 23.3 Å². The summed E-state index contributed by atoms with van der Waals surface area (Å²) in [5.41, 5.74) is 0.189. The zero-order chi connectivity index (χ0) is 18.1. The van der Waals surface area contributed by atoms with Crippen LogP contribution in [0.2, 0.25) is 0 Å². The fourth-order valence-electron chi connectivity index (χ4n) is 3.79. The molecule has 0 bridgehead atoms. The molecular weight excluding hydrogens is 316 g/mol. The first kappa shape index (κ1) is 19.6. The smallest absolute Gasteiger partial charge is 0.144 e. The number of allylic oxidation sites excluding steroid dienone is 2. The van der Waals surface area contributed by atoms with Gasteiger partial charge in [-0.15, -0.1) is 0 Å². The second-order valence-electron chi connectivity index (χ2n) is 7.31. The molecule has 25 heavy (non-hydrogen) atoms. The third-order valence-electron chi connectivity index (χ3n) is 5.38. The molecule has 0 aliphatic heterocycles. The molecule has 1 fully saturated rings. The van der Waals surface area contributed by atoms with Gasteiger partial charge in [-0.2, -0.15) is 5.26 Å². The molecule has 0 spiro atoms. The Balaban J connectivity index is 1.71. The Morgan fingerprint density at radius 2 is 1.56 bits per heavy atom. The van der Waals surface area contributed by atoms with E-state index in [-0.39, 0.29) is 0 Å². The van der Waals surface area contributed by atoms with Crippen molar-refractivity contribution in [2.24, 2.45) is 11.8 Å². The summed E-state index contributed by atoms with van der Waals surface area (Å²) in [6.45, 7) is 2.20. The number of hydrogen-bond donors (Lipinski definition) is 0. The van der Waals surface area contributed by atoms with Crippen molar-refractivity contribution in [2.75, 3.05) is 0 Å². The summed E-state index contributed by atoms with van der Waals surface area (Å²) in [5.74, 6) is 0.0237. The van der Waals surface area contributed by atoms with E-state index in [4.69, 9.17) is 5.26 Å². The Hall–Kier alpha value is -1.69. The van der Waals surface area contributed by atoms with E-state index in [0.29, 0.717) is 17.9 Å². The molecule has 3 heteroatoms. The van der Waals surface area contributed by atoms with E-state index in [0.717, 1.165) is 12.3 Å². The summed E-state index contributed by atoms with van der Waals surface area (Å²) in [6, 6.07) is 4.20. The summed E-state index contributed by atoms with van der Waals surface area (Å²) < 4.78 is 27.3. The maximum absolute atomic E-state index is 13.7. The summed E-state index contributed by atoms with van der Waals surface area (Å²) in [4.78, 5) is 0. The van der Waals surface area contributed by atoms with Gasteiger partial charge in [0.15, 0.2) is 0 Å². The highest BCUT2D eigenvalue weighted by atomic mass is 19.1. The van der Waals surface area contributed by atoms with Crippen molar-refractivity contribution in [1.29, 1.82) is 5.26 Å². The lowest BCUT2D eigenvalue weighted by atomic mass is 9.78. The standard InChI is InChI=1S/C22H29F2N/c1-2-3-4-5-6-7-17-8-10-18(11-9-17)12-13-19-14-21(23)20(16-25)22(24)15-19/h4-5,14-15,17-18H,2-3,6-13H2,1H3/b5-4+. The van der Waals surface area contributed by atoms with Crippen LogP contribution in [0.4, 0.5) is 8.78 Å². The van der Waals surface area contributed by atoms with Gasteiger partial charge in [0.2, 0.25) is 0 Å². The van der Waals surface area contributed by atoms with Gasteiger partial charge in [0, 0.05) is 0 Å². The Morgan fingerprint density at radius 3 is 2.12 bits per heavy atom. The van der Waals surface area contributed by atoms with Crippen molar-refractivity contribution < 1.29 is 8.78 Å². The first-order valence-electron chi connectivity index (χ1n) is 9.67. The number of rotatable bonds is 8. The van der Waals surface area contributed by atoms with Crippen LogP contribution in [0, 0.1) is 34.8 Å². The highest BCUT2D eigenvalue weighted by molar-refractivity contribution is 5.35. The van der Waals surface area contributed by atoms with Gasteiger partial charge in [-0.3, -0.25) is 0 Å². The monoisotopic (exact) mass is 345 g/mol. The molecule has 2 rings (SSSR count). The molecule has 0 radical (unpaired) electrons. The minimum absolute atomic E-state index is 0.475. The van der Waals surface area contributed by atoms with Crippen LogP contribution in [0.5, 0.6) is 0 Å². The maximum atomic E-state index is 13.7. The van der Waals surface area contributed by atoms with Crippen molar-refractivity contribution >= 4 is 0 Å². The van der Waals surface area contributed by atoms with Crippen LogP contribution in [0.1, 0.15) is 75.8 Å². The van der Waals surface area contributed by atoms with Gasteiger partial charge in [0.05, 0.1) is 0 Å². The Bertz CT molecular complexity index is 584. The number of hydrogen-bond acceptors (Lipinski definition) is 1. The van der Waals surface area contributed by atoms with Crippen LogP contribution in [0.3, 0.4) is 0 Å². The quantitative estimate of drug-likeness (QED) is 0.480. The van der Waals surface area contributed by atoms with Gasteiger partial charge in [-0.1, -0.05) is 51.2 Å². The minimum Gasteiger partial charge on any atom is -0.205 e. The van der Waals surface area contributed by atoms with Crippen LogP contribution in [0.15, 0.2) is 24.3 Å². The topological polar surface area (TPSA) is 23.8 Å². The average molecular weight is 345 g/mol. The number of benzene rings is 1. The molecule has 1 aliphatic carbocycles. The lowest BCUT2D eigenvalue weighted by molar-refractivity contribution is 0.254. The average Bonchev–Trinajstić information content (AvgIpc) is 2.60. The largest absolute Gasteiger partial charge is 0.205 e. The fraction of sp³-hybridized carbons (Fsp3) is 0.591. The normalized spacial score (nSPS) is 20.7. The van der Waals surface area contributed by atoms with Crippen LogP contribution in [-0.4, -0.2) is 0 Å². The van der Waals surface area contributed by atoms with Crippen molar-refractivity contribution in [1.82, 2.24) is 0 Å². The van der Waals surface area contributed by atoms with Crippen molar-refractivity contribution in [2.45, 2.75) is 71.1 Å². The minimum atomic E-state index is -0.739. The van der Waals surface area contributed by atoms with Crippen molar-refractivity contribution in [3.8, 4) is 6.07 Å². The van der Waals surface area contributed by atoms with E-state index in [1.54, 1.807) is 6.07 Å². The van der Waals surface area contributed by atoms with Crippen LogP contribution >= 0.6 is 0 Å². The van der Waals surface area contributed by atoms with E-state index in [2.05, 4.69) is 19.1 Å². The number of nitrogens with zero attached hydrogens (tertiary/aromatic N) is 1. The first-order chi connectivity index (χ1) is 12.1. The van der Waals surface area contributed by atoms with E-state index in [1.807, 2.05) is 0 Å². The lowest BCUT2D eigenvalue weighted by Crippen LogP contribution is -2.15. The summed E-state index contributed by atoms with van der Waals surface area (Å²) in [5, 5.41) is 8.72. The second-order valence-corrected chi connectivity index (χ2v) is 7.31. The Labute approximate surface area is 150 Å². The molecule has 1 saturated carbocycles. The van der Waals surface area contributed by atoms with E-state index >= 15 is 0 Å². The number of unbranched alkanes of at least 4 members (excludes halogenated alkanes) is 1. The van der Waals surface area contributed by atoms with E-state index in [9.17, 15) is 8.78 Å². The van der Waals surface area contributed by atoms with Gasteiger partial charge in [-0.05, 0) is 61.6 Å². The molecule has 1 aromatic carbocycles. The Morgan fingerprint density at radius 1 is 1.00 bits per heavy atom. The van der Waals surface area contributed by atoms with Crippen LogP contribution in [-0.2, 0) is 6.42 Å². The lowest BCUT2D eigenvalue weighted by Gasteiger charge is -2.28. The van der Waals surface area contributed by atoms with Crippen LogP contribution in [0.25, 0.3) is 0 Å². The molecule has 1 aliphatic rings.